The zero-order valence-corrected chi connectivity index (χ0v) is 14.4. The second-order valence-electron chi connectivity index (χ2n) is 5.70. The van der Waals surface area contributed by atoms with E-state index in [2.05, 4.69) is 15.9 Å². The van der Waals surface area contributed by atoms with E-state index in [0.29, 0.717) is 4.47 Å². The van der Waals surface area contributed by atoms with Crippen LogP contribution < -0.4 is 10.2 Å². The Labute approximate surface area is 132 Å². The highest BCUT2D eigenvalue weighted by Gasteiger charge is 2.52. The predicted molar refractivity (Wildman–Crippen MR) is 81.4 cm³/mol. The van der Waals surface area contributed by atoms with Gasteiger partial charge in [-0.1, -0.05) is 11.6 Å². The highest BCUT2D eigenvalue weighted by molar-refractivity contribution is 9.10. The number of hydrogen-bond donors (Lipinski definition) is 0. The molecule has 110 valence electrons. The first-order valence-corrected chi connectivity index (χ1v) is 7.35. The van der Waals surface area contributed by atoms with Gasteiger partial charge >= 0.3 is 7.12 Å². The lowest BCUT2D eigenvalue weighted by Gasteiger charge is -2.32. The van der Waals surface area contributed by atoms with Gasteiger partial charge in [-0.05, 0) is 49.7 Å². The van der Waals surface area contributed by atoms with Crippen LogP contribution >= 0.6 is 27.5 Å². The van der Waals surface area contributed by atoms with Gasteiger partial charge in [0.2, 0.25) is 0 Å². The highest BCUT2D eigenvalue weighted by atomic mass is 79.9. The monoisotopic (exact) mass is 364 g/mol. The van der Waals surface area contributed by atoms with Gasteiger partial charge in [0.1, 0.15) is 10.8 Å². The summed E-state index contributed by atoms with van der Waals surface area (Å²) >= 11 is 9.29. The molecule has 1 fully saturated rings. The number of hydrogen-bond acceptors (Lipinski definition) is 3. The fraction of sp³-hybridized carbons (Fsp3) is 0.538. The van der Waals surface area contributed by atoms with Crippen LogP contribution in [0.2, 0.25) is 5.02 Å². The van der Waals surface area contributed by atoms with Gasteiger partial charge in [0.15, 0.2) is 5.75 Å². The first-order valence-electron chi connectivity index (χ1n) is 6.17. The maximum atomic E-state index is 14.4. The molecule has 20 heavy (non-hydrogen) atoms. The number of benzene rings is 1. The zero-order chi connectivity index (χ0) is 15.3. The Kier molecular flexibility index (Phi) is 4.15. The van der Waals surface area contributed by atoms with Crippen molar-refractivity contribution in [1.29, 1.82) is 0 Å². The van der Waals surface area contributed by atoms with Gasteiger partial charge in [0.05, 0.1) is 22.8 Å². The first-order chi connectivity index (χ1) is 9.10. The van der Waals surface area contributed by atoms with Gasteiger partial charge in [-0.3, -0.25) is 0 Å². The van der Waals surface area contributed by atoms with E-state index < -0.39 is 24.1 Å². The summed E-state index contributed by atoms with van der Waals surface area (Å²) in [4.78, 5) is 0. The molecule has 0 N–H and O–H groups in total. The highest BCUT2D eigenvalue weighted by Crippen LogP contribution is 2.39. The van der Waals surface area contributed by atoms with Gasteiger partial charge < -0.3 is 14.0 Å². The van der Waals surface area contributed by atoms with Crippen LogP contribution in [0.3, 0.4) is 0 Å². The summed E-state index contributed by atoms with van der Waals surface area (Å²) < 4.78 is 31.7. The molecule has 0 aliphatic carbocycles. The van der Waals surface area contributed by atoms with Crippen molar-refractivity contribution in [3.8, 4) is 5.75 Å². The minimum atomic E-state index is -0.806. The summed E-state index contributed by atoms with van der Waals surface area (Å²) in [6.45, 7) is 7.63. The lowest BCUT2D eigenvalue weighted by molar-refractivity contribution is 0.00578. The molecule has 0 atom stereocenters. The Morgan fingerprint density at radius 2 is 1.75 bits per heavy atom. The maximum Gasteiger partial charge on any atom is 0.497 e. The number of methoxy groups -OCH3 is 1. The molecule has 1 aromatic carbocycles. The zero-order valence-electron chi connectivity index (χ0n) is 12.0. The van der Waals surface area contributed by atoms with Crippen LogP contribution in [0.5, 0.6) is 5.75 Å². The third kappa shape index (κ3) is 2.47. The van der Waals surface area contributed by atoms with Crippen molar-refractivity contribution in [3.05, 3.63) is 21.4 Å². The van der Waals surface area contributed by atoms with Crippen molar-refractivity contribution in [2.75, 3.05) is 7.11 Å². The molecular formula is C13H16BBrClFO3. The topological polar surface area (TPSA) is 27.7 Å². The fourth-order valence-electron chi connectivity index (χ4n) is 1.93. The Morgan fingerprint density at radius 3 is 2.20 bits per heavy atom. The minimum Gasteiger partial charge on any atom is -0.494 e. The van der Waals surface area contributed by atoms with E-state index >= 15 is 0 Å². The van der Waals surface area contributed by atoms with Gasteiger partial charge in [-0.25, -0.2) is 4.39 Å². The normalized spacial score (nSPS) is 20.3. The van der Waals surface area contributed by atoms with E-state index in [-0.39, 0.29) is 16.2 Å². The van der Waals surface area contributed by atoms with E-state index in [1.54, 1.807) is 6.07 Å². The fourth-order valence-corrected chi connectivity index (χ4v) is 2.93. The van der Waals surface area contributed by atoms with Crippen LogP contribution in [-0.2, 0) is 9.31 Å². The lowest BCUT2D eigenvalue weighted by atomic mass is 9.78. The molecule has 1 aromatic rings. The van der Waals surface area contributed by atoms with Crippen LogP contribution in [0.1, 0.15) is 27.7 Å². The van der Waals surface area contributed by atoms with E-state index in [0.717, 1.165) is 0 Å². The molecule has 0 aromatic heterocycles. The second kappa shape index (κ2) is 5.16. The Bertz CT molecular complexity index is 535. The molecule has 0 bridgehead atoms. The summed E-state index contributed by atoms with van der Waals surface area (Å²) in [6, 6.07) is 1.57. The second-order valence-corrected chi connectivity index (χ2v) is 6.93. The van der Waals surface area contributed by atoms with Gasteiger partial charge in [0.25, 0.3) is 0 Å². The average Bonchev–Trinajstić information content (AvgIpc) is 2.54. The molecule has 0 amide bonds. The molecule has 7 heteroatoms. The van der Waals surface area contributed by atoms with Crippen molar-refractivity contribution < 1.29 is 18.4 Å². The van der Waals surface area contributed by atoms with Crippen LogP contribution in [0.25, 0.3) is 0 Å². The molecular weight excluding hydrogens is 349 g/mol. The van der Waals surface area contributed by atoms with E-state index in [1.807, 2.05) is 27.7 Å². The summed E-state index contributed by atoms with van der Waals surface area (Å²) in [5.74, 6) is -0.338. The lowest BCUT2D eigenvalue weighted by Crippen LogP contribution is -2.41. The molecule has 1 aliphatic rings. The van der Waals surface area contributed by atoms with Crippen molar-refractivity contribution >= 4 is 40.1 Å². The van der Waals surface area contributed by atoms with Gasteiger partial charge in [-0.2, -0.15) is 0 Å². The summed E-state index contributed by atoms with van der Waals surface area (Å²) in [5, 5.41) is -0.0911. The molecule has 0 spiro atoms. The number of rotatable bonds is 2. The molecule has 0 radical (unpaired) electrons. The molecule has 0 saturated carbocycles. The molecule has 0 unspecified atom stereocenters. The molecule has 3 nitrogen and oxygen atoms in total. The summed E-state index contributed by atoms with van der Waals surface area (Å²) in [6.07, 6.45) is 0. The molecule has 1 heterocycles. The third-order valence-electron chi connectivity index (χ3n) is 3.86. The summed E-state index contributed by atoms with van der Waals surface area (Å²) in [5.41, 5.74) is -0.826. The number of halogens is 3. The van der Waals surface area contributed by atoms with Crippen LogP contribution in [0.4, 0.5) is 4.39 Å². The number of ether oxygens (including phenoxy) is 1. The van der Waals surface area contributed by atoms with Gasteiger partial charge in [-0.15, -0.1) is 0 Å². The molecule has 2 rings (SSSR count). The quantitative estimate of drug-likeness (QED) is 0.593. The largest absolute Gasteiger partial charge is 0.497 e. The van der Waals surface area contributed by atoms with Crippen LogP contribution in [0, 0.1) is 5.82 Å². The van der Waals surface area contributed by atoms with Crippen LogP contribution in [-0.4, -0.2) is 25.4 Å². The van der Waals surface area contributed by atoms with Crippen molar-refractivity contribution in [3.63, 3.8) is 0 Å². The third-order valence-corrected chi connectivity index (χ3v) is 4.78. The van der Waals surface area contributed by atoms with E-state index in [4.69, 9.17) is 25.6 Å². The molecule has 1 saturated heterocycles. The van der Waals surface area contributed by atoms with E-state index in [1.165, 1.54) is 7.11 Å². The van der Waals surface area contributed by atoms with Crippen molar-refractivity contribution in [2.24, 2.45) is 0 Å². The Morgan fingerprint density at radius 1 is 1.25 bits per heavy atom. The Hall–Kier alpha value is -0.295. The smallest absolute Gasteiger partial charge is 0.494 e. The Balaban J connectivity index is 2.46. The minimum absolute atomic E-state index is 0.0911. The van der Waals surface area contributed by atoms with Crippen molar-refractivity contribution in [1.82, 2.24) is 0 Å². The van der Waals surface area contributed by atoms with Crippen molar-refractivity contribution in [2.45, 2.75) is 38.9 Å². The predicted octanol–water partition coefficient (Wildman–Crippen LogP) is 3.55. The van der Waals surface area contributed by atoms with E-state index in [9.17, 15) is 4.39 Å². The van der Waals surface area contributed by atoms with Gasteiger partial charge in [0, 0.05) is 5.46 Å². The first kappa shape index (κ1) is 16.1. The SMILES string of the molecule is COc1c(Br)cc(B2OC(C)(C)C(C)(C)O2)c(F)c1Cl. The van der Waals surface area contributed by atoms with Crippen LogP contribution in [0.15, 0.2) is 10.5 Å². The molecule has 1 aliphatic heterocycles. The summed E-state index contributed by atoms with van der Waals surface area (Å²) in [7, 11) is 0.625. The average molecular weight is 365 g/mol. The maximum absolute atomic E-state index is 14.4. The standard InChI is InChI=1S/C13H16BBrClFO3/c1-12(2)13(3,4)20-14(19-12)7-6-8(15)11(18-5)9(16)10(7)17/h6H,1-5H3.